The van der Waals surface area contributed by atoms with Crippen LogP contribution in [0.3, 0.4) is 0 Å². The zero-order chi connectivity index (χ0) is 20.5. The van der Waals surface area contributed by atoms with Gasteiger partial charge in [-0.2, -0.15) is 0 Å². The molecule has 0 unspecified atom stereocenters. The monoisotopic (exact) mass is 411 g/mol. The molecule has 3 aliphatic heterocycles. The van der Waals surface area contributed by atoms with Crippen LogP contribution in [-0.2, 0) is 17.8 Å². The van der Waals surface area contributed by atoms with Gasteiger partial charge in [-0.25, -0.2) is 9.78 Å². The minimum absolute atomic E-state index is 0.363. The summed E-state index contributed by atoms with van der Waals surface area (Å²) in [6.45, 7) is 8.96. The van der Waals surface area contributed by atoms with Gasteiger partial charge in [0.05, 0.1) is 24.2 Å². The number of anilines is 1. The topological polar surface area (TPSA) is 62.6 Å². The highest BCUT2D eigenvalue weighted by atomic mass is 16.5. The summed E-state index contributed by atoms with van der Waals surface area (Å²) in [5, 5.41) is 2.78. The fraction of sp³-hybridized carbons (Fsp3) is 0.652. The second kappa shape index (κ2) is 8.55. The van der Waals surface area contributed by atoms with E-state index >= 15 is 0 Å². The van der Waals surface area contributed by atoms with Crippen molar-refractivity contribution in [3.8, 4) is 0 Å². The van der Waals surface area contributed by atoms with E-state index in [1.54, 1.807) is 6.92 Å². The van der Waals surface area contributed by atoms with E-state index in [1.165, 1.54) is 51.7 Å². The highest BCUT2D eigenvalue weighted by Gasteiger charge is 2.34. The van der Waals surface area contributed by atoms with Gasteiger partial charge < -0.3 is 14.2 Å². The van der Waals surface area contributed by atoms with Crippen molar-refractivity contribution in [2.45, 2.75) is 58.2 Å². The third-order valence-electron chi connectivity index (χ3n) is 7.08. The summed E-state index contributed by atoms with van der Waals surface area (Å²) in [5.41, 5.74) is 2.82. The Morgan fingerprint density at radius 2 is 2.07 bits per heavy atom. The van der Waals surface area contributed by atoms with Crippen molar-refractivity contribution < 1.29 is 9.53 Å². The van der Waals surface area contributed by atoms with Crippen molar-refractivity contribution in [3.63, 3.8) is 0 Å². The van der Waals surface area contributed by atoms with Gasteiger partial charge >= 0.3 is 6.09 Å². The molecule has 2 aromatic rings. The lowest BCUT2D eigenvalue weighted by Crippen LogP contribution is -2.51. The molecule has 2 fully saturated rings. The number of carbonyl (C=O) groups excluding carboxylic acids is 1. The van der Waals surface area contributed by atoms with E-state index < -0.39 is 6.09 Å². The van der Waals surface area contributed by atoms with Gasteiger partial charge in [0.15, 0.2) is 0 Å². The molecular formula is C23H33N5O2. The maximum Gasteiger partial charge on any atom is 0.411 e. The number of carbonyl (C=O) groups is 1. The van der Waals surface area contributed by atoms with Crippen molar-refractivity contribution >= 4 is 22.8 Å². The molecule has 3 aliphatic rings. The fourth-order valence-corrected chi connectivity index (χ4v) is 5.71. The molecular weight excluding hydrogens is 378 g/mol. The molecule has 0 bridgehead atoms. The Kier molecular flexibility index (Phi) is 5.65. The summed E-state index contributed by atoms with van der Waals surface area (Å²) in [6.07, 6.45) is 6.46. The Labute approximate surface area is 178 Å². The molecule has 0 saturated carbocycles. The molecule has 0 aliphatic carbocycles. The standard InChI is InChI=1S/C23H33N5O2/c1-2-30-23(29)24-18-8-9-21-19(14-18)25-22-16-26(12-13-28(21)22)15-17-6-5-11-27-10-4-3-7-20(17)27/h8-9,14,17,20H,2-7,10-13,15-16H2,1H3,(H,24,29)/t17-,20+/m0/s1. The van der Waals surface area contributed by atoms with Gasteiger partial charge in [0.25, 0.3) is 0 Å². The number of hydrogen-bond donors (Lipinski definition) is 1. The third-order valence-corrected chi connectivity index (χ3v) is 7.08. The van der Waals surface area contributed by atoms with E-state index in [2.05, 4.69) is 25.8 Å². The van der Waals surface area contributed by atoms with Crippen LogP contribution in [0.2, 0.25) is 0 Å². The molecule has 1 N–H and O–H groups in total. The first-order chi connectivity index (χ1) is 14.7. The van der Waals surface area contributed by atoms with Crippen molar-refractivity contribution in [1.29, 1.82) is 0 Å². The molecule has 2 saturated heterocycles. The maximum atomic E-state index is 11.7. The molecule has 0 spiro atoms. The van der Waals surface area contributed by atoms with Crippen LogP contribution in [0.15, 0.2) is 18.2 Å². The second-order valence-corrected chi connectivity index (χ2v) is 8.97. The first-order valence-corrected chi connectivity index (χ1v) is 11.6. The molecule has 0 radical (unpaired) electrons. The van der Waals surface area contributed by atoms with Crippen molar-refractivity contribution in [3.05, 3.63) is 24.0 Å². The minimum atomic E-state index is -0.420. The second-order valence-electron chi connectivity index (χ2n) is 8.97. The normalized spacial score (nSPS) is 25.0. The van der Waals surface area contributed by atoms with Gasteiger partial charge in [-0.3, -0.25) is 10.2 Å². The van der Waals surface area contributed by atoms with Crippen LogP contribution in [0.5, 0.6) is 0 Å². The molecule has 1 amide bonds. The van der Waals surface area contributed by atoms with Crippen LogP contribution in [0.4, 0.5) is 10.5 Å². The first kappa shape index (κ1) is 19.8. The number of nitrogens with zero attached hydrogens (tertiary/aromatic N) is 4. The molecule has 7 nitrogen and oxygen atoms in total. The van der Waals surface area contributed by atoms with Gasteiger partial charge in [0.2, 0.25) is 0 Å². The van der Waals surface area contributed by atoms with Gasteiger partial charge in [0.1, 0.15) is 5.82 Å². The maximum absolute atomic E-state index is 11.7. The van der Waals surface area contributed by atoms with E-state index in [1.807, 2.05) is 12.1 Å². The predicted octanol–water partition coefficient (Wildman–Crippen LogP) is 3.68. The highest BCUT2D eigenvalue weighted by molar-refractivity contribution is 5.89. The Balaban J connectivity index is 1.28. The zero-order valence-corrected chi connectivity index (χ0v) is 18.0. The summed E-state index contributed by atoms with van der Waals surface area (Å²) in [7, 11) is 0. The summed E-state index contributed by atoms with van der Waals surface area (Å²) in [4.78, 5) is 22.0. The summed E-state index contributed by atoms with van der Waals surface area (Å²) in [5.74, 6) is 1.94. The molecule has 1 aromatic heterocycles. The van der Waals surface area contributed by atoms with Crippen LogP contribution in [0.1, 0.15) is 44.9 Å². The van der Waals surface area contributed by atoms with Crippen LogP contribution in [0, 0.1) is 5.92 Å². The van der Waals surface area contributed by atoms with Crippen LogP contribution >= 0.6 is 0 Å². The summed E-state index contributed by atoms with van der Waals surface area (Å²) < 4.78 is 7.32. The SMILES string of the molecule is CCOC(=O)Nc1ccc2c(c1)nc1n2CCN(C[C@@H]2CCCN3CCCC[C@H]23)C1. The van der Waals surface area contributed by atoms with Gasteiger partial charge in [-0.1, -0.05) is 6.42 Å². The van der Waals surface area contributed by atoms with Gasteiger partial charge in [0, 0.05) is 31.4 Å². The minimum Gasteiger partial charge on any atom is -0.450 e. The number of benzene rings is 1. The lowest BCUT2D eigenvalue weighted by molar-refractivity contribution is 0.0353. The number of fused-ring (bicyclic) bond motifs is 4. The number of rotatable bonds is 4. The molecule has 2 atom stereocenters. The smallest absolute Gasteiger partial charge is 0.411 e. The number of ether oxygens (including phenoxy) is 1. The zero-order valence-electron chi connectivity index (χ0n) is 18.0. The third kappa shape index (κ3) is 3.93. The Morgan fingerprint density at radius 1 is 1.17 bits per heavy atom. The number of imidazole rings is 1. The first-order valence-electron chi connectivity index (χ1n) is 11.6. The van der Waals surface area contributed by atoms with E-state index in [0.717, 1.165) is 54.1 Å². The van der Waals surface area contributed by atoms with Crippen molar-refractivity contribution in [2.24, 2.45) is 5.92 Å². The number of piperidine rings is 2. The van der Waals surface area contributed by atoms with E-state index in [4.69, 9.17) is 9.72 Å². The lowest BCUT2D eigenvalue weighted by Gasteiger charge is -2.46. The number of aromatic nitrogens is 2. The van der Waals surface area contributed by atoms with E-state index in [0.29, 0.717) is 6.61 Å². The number of hydrogen-bond acceptors (Lipinski definition) is 5. The van der Waals surface area contributed by atoms with Crippen LogP contribution in [-0.4, -0.2) is 64.3 Å². The van der Waals surface area contributed by atoms with Gasteiger partial charge in [-0.15, -0.1) is 0 Å². The molecule has 4 heterocycles. The lowest BCUT2D eigenvalue weighted by atomic mass is 9.83. The molecule has 30 heavy (non-hydrogen) atoms. The largest absolute Gasteiger partial charge is 0.450 e. The average Bonchev–Trinajstić information content (AvgIpc) is 3.11. The summed E-state index contributed by atoms with van der Waals surface area (Å²) in [6, 6.07) is 6.73. The number of nitrogens with one attached hydrogen (secondary N) is 1. The van der Waals surface area contributed by atoms with E-state index in [9.17, 15) is 4.79 Å². The fourth-order valence-electron chi connectivity index (χ4n) is 5.71. The van der Waals surface area contributed by atoms with Gasteiger partial charge in [-0.05, 0) is 69.8 Å². The van der Waals surface area contributed by atoms with E-state index in [-0.39, 0.29) is 0 Å². The van der Waals surface area contributed by atoms with Crippen LogP contribution in [0.25, 0.3) is 11.0 Å². The Bertz CT molecular complexity index is 908. The Morgan fingerprint density at radius 3 is 2.97 bits per heavy atom. The molecule has 7 heteroatoms. The molecule has 1 aromatic carbocycles. The predicted molar refractivity (Wildman–Crippen MR) is 118 cm³/mol. The molecule has 162 valence electrons. The quantitative estimate of drug-likeness (QED) is 0.831. The number of amides is 1. The summed E-state index contributed by atoms with van der Waals surface area (Å²) >= 11 is 0. The highest BCUT2D eigenvalue weighted by Crippen LogP contribution is 2.32. The van der Waals surface area contributed by atoms with Crippen molar-refractivity contribution in [1.82, 2.24) is 19.4 Å². The average molecular weight is 412 g/mol. The van der Waals surface area contributed by atoms with Crippen LogP contribution < -0.4 is 5.32 Å². The Hall–Kier alpha value is -2.12. The molecule has 5 rings (SSSR count). The van der Waals surface area contributed by atoms with Crippen molar-refractivity contribution in [2.75, 3.05) is 38.1 Å².